The maximum absolute atomic E-state index is 11.5. The third kappa shape index (κ3) is 4.17. The molecule has 1 atom stereocenters. The molecule has 3 N–H and O–H groups in total. The van der Waals surface area contributed by atoms with Crippen LogP contribution in [-0.4, -0.2) is 49.6 Å². The lowest BCUT2D eigenvalue weighted by Crippen LogP contribution is -2.47. The van der Waals surface area contributed by atoms with Gasteiger partial charge in [-0.1, -0.05) is 0 Å². The minimum Gasteiger partial charge on any atom is -0.481 e. The van der Waals surface area contributed by atoms with Crippen LogP contribution in [0.5, 0.6) is 0 Å². The molecule has 1 heterocycles. The van der Waals surface area contributed by atoms with Crippen molar-refractivity contribution in [3.8, 4) is 0 Å². The molecule has 1 saturated heterocycles. The Bertz CT molecular complexity index is 443. The lowest BCUT2D eigenvalue weighted by Gasteiger charge is -2.20. The second-order valence-corrected chi connectivity index (χ2v) is 7.34. The van der Waals surface area contributed by atoms with Crippen molar-refractivity contribution in [2.75, 3.05) is 18.1 Å². The summed E-state index contributed by atoms with van der Waals surface area (Å²) in [5.41, 5.74) is -1.06. The Hall–Kier alpha value is -1.31. The predicted molar refractivity (Wildman–Crippen MR) is 65.0 cm³/mol. The van der Waals surface area contributed by atoms with Crippen LogP contribution < -0.4 is 10.6 Å². The van der Waals surface area contributed by atoms with E-state index in [-0.39, 0.29) is 24.1 Å². The summed E-state index contributed by atoms with van der Waals surface area (Å²) < 4.78 is 22.4. The fraction of sp³-hybridized carbons (Fsp3) is 0.800. The largest absolute Gasteiger partial charge is 0.481 e. The highest BCUT2D eigenvalue weighted by atomic mass is 32.2. The number of carbonyl (C=O) groups is 2. The molecule has 0 saturated carbocycles. The quantitative estimate of drug-likeness (QED) is 0.646. The van der Waals surface area contributed by atoms with Gasteiger partial charge in [0.15, 0.2) is 9.84 Å². The number of hydrogen-bond donors (Lipinski definition) is 3. The molecule has 8 heteroatoms. The van der Waals surface area contributed by atoms with Crippen LogP contribution in [0.25, 0.3) is 0 Å². The van der Waals surface area contributed by atoms with Crippen molar-refractivity contribution < 1.29 is 23.1 Å². The normalized spacial score (nSPS) is 22.4. The summed E-state index contributed by atoms with van der Waals surface area (Å²) in [6.45, 7) is 2.97. The molecule has 104 valence electrons. The van der Waals surface area contributed by atoms with E-state index in [9.17, 15) is 18.0 Å². The van der Waals surface area contributed by atoms with Crippen LogP contribution in [0.3, 0.4) is 0 Å². The average molecular weight is 278 g/mol. The van der Waals surface area contributed by atoms with E-state index in [1.54, 1.807) is 0 Å². The van der Waals surface area contributed by atoms with E-state index in [2.05, 4.69) is 10.6 Å². The number of hydrogen-bond acceptors (Lipinski definition) is 4. The van der Waals surface area contributed by atoms with Crippen molar-refractivity contribution in [1.82, 2.24) is 10.6 Å². The fourth-order valence-corrected chi connectivity index (χ4v) is 3.20. The highest BCUT2D eigenvalue weighted by Crippen LogP contribution is 2.13. The van der Waals surface area contributed by atoms with Gasteiger partial charge >= 0.3 is 12.0 Å². The summed E-state index contributed by atoms with van der Waals surface area (Å²) in [5, 5.41) is 13.8. The van der Waals surface area contributed by atoms with Crippen LogP contribution in [0.4, 0.5) is 4.79 Å². The molecule has 0 aromatic heterocycles. The molecule has 1 rings (SSSR count). The number of amides is 2. The van der Waals surface area contributed by atoms with Crippen LogP contribution in [-0.2, 0) is 14.6 Å². The van der Waals surface area contributed by atoms with Gasteiger partial charge < -0.3 is 15.7 Å². The molecule has 2 amide bonds. The number of nitrogens with one attached hydrogen (secondary N) is 2. The fourth-order valence-electron chi connectivity index (χ4n) is 1.52. The Kier molecular flexibility index (Phi) is 4.20. The third-order valence-electron chi connectivity index (χ3n) is 2.84. The zero-order valence-electron chi connectivity index (χ0n) is 10.4. The number of sulfone groups is 1. The first-order valence-electron chi connectivity index (χ1n) is 5.60. The summed E-state index contributed by atoms with van der Waals surface area (Å²) in [7, 11) is -3.03. The van der Waals surface area contributed by atoms with Gasteiger partial charge in [0.2, 0.25) is 0 Å². The van der Waals surface area contributed by atoms with Crippen molar-refractivity contribution in [2.24, 2.45) is 5.41 Å². The highest BCUT2D eigenvalue weighted by molar-refractivity contribution is 7.91. The first-order valence-corrected chi connectivity index (χ1v) is 7.43. The van der Waals surface area contributed by atoms with Gasteiger partial charge in [-0.25, -0.2) is 13.2 Å². The summed E-state index contributed by atoms with van der Waals surface area (Å²) in [6, 6.07) is -0.922. The molecule has 7 nitrogen and oxygen atoms in total. The first-order chi connectivity index (χ1) is 8.12. The maximum Gasteiger partial charge on any atom is 0.315 e. The van der Waals surface area contributed by atoms with E-state index in [4.69, 9.17) is 5.11 Å². The van der Waals surface area contributed by atoms with Gasteiger partial charge in [-0.3, -0.25) is 4.79 Å². The molecule has 0 aliphatic carbocycles. The highest BCUT2D eigenvalue weighted by Gasteiger charge is 2.30. The van der Waals surface area contributed by atoms with Gasteiger partial charge in [-0.05, 0) is 20.3 Å². The second-order valence-electron chi connectivity index (χ2n) is 5.12. The standard InChI is InChI=1S/C10H18N2O5S/c1-10(2,8(13)14)6-11-9(15)12-7-3-4-18(16,17)5-7/h7H,3-6H2,1-2H3,(H,13,14)(H2,11,12,15). The van der Waals surface area contributed by atoms with E-state index in [1.165, 1.54) is 13.8 Å². The average Bonchev–Trinajstić information content (AvgIpc) is 2.55. The van der Waals surface area contributed by atoms with Crippen LogP contribution in [0.15, 0.2) is 0 Å². The van der Waals surface area contributed by atoms with Crippen molar-refractivity contribution >= 4 is 21.8 Å². The molecule has 0 bridgehead atoms. The van der Waals surface area contributed by atoms with Crippen LogP contribution in [0, 0.1) is 5.41 Å². The van der Waals surface area contributed by atoms with E-state index in [0.29, 0.717) is 6.42 Å². The molecule has 18 heavy (non-hydrogen) atoms. The predicted octanol–water partition coefficient (Wildman–Crippen LogP) is -0.416. The minimum atomic E-state index is -3.03. The van der Waals surface area contributed by atoms with Crippen LogP contribution >= 0.6 is 0 Å². The maximum atomic E-state index is 11.5. The van der Waals surface area contributed by atoms with Gasteiger partial charge in [0.05, 0.1) is 16.9 Å². The van der Waals surface area contributed by atoms with E-state index in [0.717, 1.165) is 0 Å². The topological polar surface area (TPSA) is 113 Å². The zero-order chi connectivity index (χ0) is 14.0. The molecule has 1 unspecified atom stereocenters. The van der Waals surface area contributed by atoms with Gasteiger partial charge in [0.1, 0.15) is 0 Å². The summed E-state index contributed by atoms with van der Waals surface area (Å²) in [5.74, 6) is -0.979. The summed E-state index contributed by atoms with van der Waals surface area (Å²) >= 11 is 0. The Morgan fingerprint density at radius 1 is 1.39 bits per heavy atom. The monoisotopic (exact) mass is 278 g/mol. The van der Waals surface area contributed by atoms with E-state index >= 15 is 0 Å². The molecule has 1 fully saturated rings. The minimum absolute atomic E-state index is 0.0202. The number of carboxylic acid groups (broad SMARTS) is 1. The van der Waals surface area contributed by atoms with Crippen molar-refractivity contribution in [1.29, 1.82) is 0 Å². The number of carboxylic acids is 1. The second kappa shape index (κ2) is 5.13. The van der Waals surface area contributed by atoms with Gasteiger partial charge in [-0.2, -0.15) is 0 Å². The molecular formula is C10H18N2O5S. The molecule has 0 aromatic carbocycles. The van der Waals surface area contributed by atoms with E-state index in [1.807, 2.05) is 0 Å². The Labute approximate surface area is 106 Å². The number of carbonyl (C=O) groups excluding carboxylic acids is 1. The SMILES string of the molecule is CC(C)(CNC(=O)NC1CCS(=O)(=O)C1)C(=O)O. The van der Waals surface area contributed by atoms with Crippen molar-refractivity contribution in [2.45, 2.75) is 26.3 Å². The molecule has 0 aromatic rings. The molecule has 0 radical (unpaired) electrons. The lowest BCUT2D eigenvalue weighted by atomic mass is 9.94. The number of aliphatic carboxylic acids is 1. The number of urea groups is 1. The molecule has 1 aliphatic rings. The number of rotatable bonds is 4. The molecule has 1 aliphatic heterocycles. The Balaban J connectivity index is 2.38. The van der Waals surface area contributed by atoms with Gasteiger partial charge in [-0.15, -0.1) is 0 Å². The first kappa shape index (κ1) is 14.7. The zero-order valence-corrected chi connectivity index (χ0v) is 11.2. The lowest BCUT2D eigenvalue weighted by molar-refractivity contribution is -0.146. The summed E-state index contributed by atoms with van der Waals surface area (Å²) in [6.07, 6.45) is 0.401. The van der Waals surface area contributed by atoms with Crippen molar-refractivity contribution in [3.63, 3.8) is 0 Å². The van der Waals surface area contributed by atoms with Crippen molar-refractivity contribution in [3.05, 3.63) is 0 Å². The van der Waals surface area contributed by atoms with E-state index < -0.39 is 27.3 Å². The van der Waals surface area contributed by atoms with Crippen LogP contribution in [0.1, 0.15) is 20.3 Å². The summed E-state index contributed by atoms with van der Waals surface area (Å²) in [4.78, 5) is 22.3. The molecule has 0 spiro atoms. The third-order valence-corrected chi connectivity index (χ3v) is 4.61. The molecular weight excluding hydrogens is 260 g/mol. The van der Waals surface area contributed by atoms with Gasteiger partial charge in [0.25, 0.3) is 0 Å². The Morgan fingerprint density at radius 2 is 2.00 bits per heavy atom. The smallest absolute Gasteiger partial charge is 0.315 e. The van der Waals surface area contributed by atoms with Crippen LogP contribution in [0.2, 0.25) is 0 Å². The Morgan fingerprint density at radius 3 is 2.44 bits per heavy atom. The van der Waals surface area contributed by atoms with Gasteiger partial charge in [0, 0.05) is 12.6 Å².